The van der Waals surface area contributed by atoms with Crippen LogP contribution in [-0.4, -0.2) is 22.7 Å². The molecular weight excluding hydrogens is 164 g/mol. The molecule has 3 heteroatoms. The Morgan fingerprint density at radius 1 is 1.20 bits per heavy atom. The van der Waals surface area contributed by atoms with Crippen LogP contribution >= 0.6 is 25.3 Å². The van der Waals surface area contributed by atoms with Crippen LogP contribution in [0.5, 0.6) is 0 Å². The van der Waals surface area contributed by atoms with E-state index in [4.69, 9.17) is 5.11 Å². The second-order valence-electron chi connectivity index (χ2n) is 2.39. The summed E-state index contributed by atoms with van der Waals surface area (Å²) >= 11 is 8.46. The van der Waals surface area contributed by atoms with Crippen molar-refractivity contribution in [3.05, 3.63) is 0 Å². The molecule has 0 aromatic carbocycles. The van der Waals surface area contributed by atoms with Gasteiger partial charge in [0.1, 0.15) is 0 Å². The minimum absolute atomic E-state index is 0.307. The number of thiol groups is 2. The second-order valence-corrected chi connectivity index (χ2v) is 3.56. The smallest absolute Gasteiger partial charge is 0.0431 e. The first-order chi connectivity index (χ1) is 4.81. The van der Waals surface area contributed by atoms with Crippen LogP contribution < -0.4 is 0 Å². The largest absolute Gasteiger partial charge is 0.396 e. The minimum atomic E-state index is 0.307. The highest BCUT2D eigenvalue weighted by Gasteiger charge is 1.99. The molecule has 0 radical (unpaired) electrons. The zero-order chi connectivity index (χ0) is 7.82. The third-order valence-corrected chi connectivity index (χ3v) is 2.18. The maximum absolute atomic E-state index is 8.47. The van der Waals surface area contributed by atoms with Crippen LogP contribution in [0, 0.1) is 0 Å². The monoisotopic (exact) mass is 180 g/mol. The topological polar surface area (TPSA) is 20.2 Å². The molecule has 0 aromatic rings. The van der Waals surface area contributed by atoms with E-state index < -0.39 is 0 Å². The number of hydrogen-bond acceptors (Lipinski definition) is 3. The van der Waals surface area contributed by atoms with E-state index in [-0.39, 0.29) is 0 Å². The Labute approximate surface area is 74.0 Å². The van der Waals surface area contributed by atoms with Gasteiger partial charge in [0.2, 0.25) is 0 Å². The molecule has 0 aliphatic carbocycles. The number of unbranched alkanes of at least 4 members (excludes halogenated alkanes) is 1. The average Bonchev–Trinajstić information content (AvgIpc) is 1.89. The second kappa shape index (κ2) is 7.76. The van der Waals surface area contributed by atoms with Gasteiger partial charge in [0.25, 0.3) is 0 Å². The van der Waals surface area contributed by atoms with Crippen LogP contribution in [0.15, 0.2) is 0 Å². The summed E-state index contributed by atoms with van der Waals surface area (Å²) in [5.41, 5.74) is 0. The van der Waals surface area contributed by atoms with Gasteiger partial charge in [-0.15, -0.1) is 0 Å². The molecule has 1 N–H and O–H groups in total. The Hall–Kier alpha value is 0.660. The molecule has 0 aliphatic heterocycles. The Morgan fingerprint density at radius 3 is 2.40 bits per heavy atom. The lowest BCUT2D eigenvalue weighted by molar-refractivity contribution is 0.283. The van der Waals surface area contributed by atoms with Crippen molar-refractivity contribution in [3.8, 4) is 0 Å². The van der Waals surface area contributed by atoms with Crippen LogP contribution in [0.4, 0.5) is 0 Å². The number of rotatable bonds is 6. The van der Waals surface area contributed by atoms with Crippen LogP contribution in [-0.2, 0) is 0 Å². The van der Waals surface area contributed by atoms with Gasteiger partial charge in [-0.05, 0) is 25.0 Å². The maximum Gasteiger partial charge on any atom is 0.0431 e. The van der Waals surface area contributed by atoms with Crippen molar-refractivity contribution < 1.29 is 5.11 Å². The first-order valence-corrected chi connectivity index (χ1v) is 4.86. The molecule has 1 unspecified atom stereocenters. The molecule has 0 aliphatic rings. The summed E-state index contributed by atoms with van der Waals surface area (Å²) in [4.78, 5) is 0. The van der Waals surface area contributed by atoms with E-state index in [1.165, 1.54) is 0 Å². The molecule has 1 atom stereocenters. The Kier molecular flexibility index (Phi) is 8.28. The van der Waals surface area contributed by atoms with Crippen molar-refractivity contribution in [2.45, 2.75) is 30.9 Å². The molecular formula is C7H16OS2. The van der Waals surface area contributed by atoms with E-state index in [1.807, 2.05) is 0 Å². The third kappa shape index (κ3) is 6.78. The highest BCUT2D eigenvalue weighted by atomic mass is 32.1. The van der Waals surface area contributed by atoms with Crippen molar-refractivity contribution in [2.75, 3.05) is 12.4 Å². The highest BCUT2D eigenvalue weighted by Crippen LogP contribution is 2.10. The molecule has 0 amide bonds. The van der Waals surface area contributed by atoms with Crippen molar-refractivity contribution in [1.29, 1.82) is 0 Å². The van der Waals surface area contributed by atoms with Crippen LogP contribution in [0.25, 0.3) is 0 Å². The van der Waals surface area contributed by atoms with E-state index in [0.717, 1.165) is 31.4 Å². The summed E-state index contributed by atoms with van der Waals surface area (Å²) in [6.07, 6.45) is 4.16. The van der Waals surface area contributed by atoms with Crippen molar-refractivity contribution in [2.24, 2.45) is 0 Å². The standard InChI is InChI=1S/C7H16OS2/c8-5-2-1-3-7(10)4-6-9/h7-10H,1-6H2. The summed E-state index contributed by atoms with van der Waals surface area (Å²) in [6, 6.07) is 0. The van der Waals surface area contributed by atoms with Gasteiger partial charge in [0.15, 0.2) is 0 Å². The molecule has 10 heavy (non-hydrogen) atoms. The first-order valence-electron chi connectivity index (χ1n) is 3.71. The highest BCUT2D eigenvalue weighted by molar-refractivity contribution is 7.81. The van der Waals surface area contributed by atoms with Gasteiger partial charge in [-0.1, -0.05) is 6.42 Å². The molecule has 0 aromatic heterocycles. The lowest BCUT2D eigenvalue weighted by Crippen LogP contribution is -1.99. The van der Waals surface area contributed by atoms with Crippen LogP contribution in [0.1, 0.15) is 25.7 Å². The number of aliphatic hydroxyl groups excluding tert-OH is 1. The fourth-order valence-electron chi connectivity index (χ4n) is 0.785. The molecule has 62 valence electrons. The van der Waals surface area contributed by atoms with Gasteiger partial charge in [0.05, 0.1) is 0 Å². The van der Waals surface area contributed by atoms with Crippen LogP contribution in [0.3, 0.4) is 0 Å². The van der Waals surface area contributed by atoms with Gasteiger partial charge in [0, 0.05) is 11.9 Å². The maximum atomic E-state index is 8.47. The van der Waals surface area contributed by atoms with Gasteiger partial charge in [-0.25, -0.2) is 0 Å². The molecule has 0 bridgehead atoms. The fourth-order valence-corrected chi connectivity index (χ4v) is 1.61. The molecule has 1 nitrogen and oxygen atoms in total. The molecule has 0 fully saturated rings. The zero-order valence-corrected chi connectivity index (χ0v) is 7.95. The predicted molar refractivity (Wildman–Crippen MR) is 52.2 cm³/mol. The Morgan fingerprint density at radius 2 is 1.90 bits per heavy atom. The summed E-state index contributed by atoms with van der Waals surface area (Å²) in [6.45, 7) is 0.307. The van der Waals surface area contributed by atoms with E-state index in [1.54, 1.807) is 0 Å². The molecule has 0 saturated heterocycles. The van der Waals surface area contributed by atoms with E-state index in [2.05, 4.69) is 25.3 Å². The fraction of sp³-hybridized carbons (Fsp3) is 1.00. The summed E-state index contributed by atoms with van der Waals surface area (Å²) in [7, 11) is 0. The van der Waals surface area contributed by atoms with E-state index >= 15 is 0 Å². The van der Waals surface area contributed by atoms with Gasteiger partial charge < -0.3 is 5.11 Å². The zero-order valence-electron chi connectivity index (χ0n) is 6.16. The normalized spacial score (nSPS) is 13.5. The number of hydrogen-bond donors (Lipinski definition) is 3. The predicted octanol–water partition coefficient (Wildman–Crippen LogP) is 1.77. The number of aliphatic hydroxyl groups is 1. The SMILES string of the molecule is OCCCCC(S)CCS. The Balaban J connectivity index is 2.97. The van der Waals surface area contributed by atoms with Crippen LogP contribution in [0.2, 0.25) is 0 Å². The lowest BCUT2D eigenvalue weighted by atomic mass is 10.1. The van der Waals surface area contributed by atoms with E-state index in [9.17, 15) is 0 Å². The lowest BCUT2D eigenvalue weighted by Gasteiger charge is -2.06. The summed E-state index contributed by atoms with van der Waals surface area (Å²) in [5, 5.41) is 8.94. The van der Waals surface area contributed by atoms with Gasteiger partial charge >= 0.3 is 0 Å². The molecule has 0 heterocycles. The Bertz CT molecular complexity index is 68.6. The summed E-state index contributed by atoms with van der Waals surface area (Å²) < 4.78 is 0. The van der Waals surface area contributed by atoms with Gasteiger partial charge in [-0.2, -0.15) is 25.3 Å². The molecule has 0 spiro atoms. The molecule has 0 rings (SSSR count). The third-order valence-electron chi connectivity index (χ3n) is 1.41. The first kappa shape index (κ1) is 10.7. The van der Waals surface area contributed by atoms with Crippen molar-refractivity contribution in [1.82, 2.24) is 0 Å². The summed E-state index contributed by atoms with van der Waals surface area (Å²) in [5.74, 6) is 0.910. The molecule has 0 saturated carbocycles. The van der Waals surface area contributed by atoms with Crippen molar-refractivity contribution in [3.63, 3.8) is 0 Å². The quantitative estimate of drug-likeness (QED) is 0.420. The minimum Gasteiger partial charge on any atom is -0.396 e. The average molecular weight is 180 g/mol. The van der Waals surface area contributed by atoms with E-state index in [0.29, 0.717) is 11.9 Å². The van der Waals surface area contributed by atoms with Crippen molar-refractivity contribution >= 4 is 25.3 Å². The van der Waals surface area contributed by atoms with Gasteiger partial charge in [-0.3, -0.25) is 0 Å².